The number of rotatable bonds is 10. The molecular weight excluding hydrogens is 270 g/mol. The number of ether oxygens (including phenoxy) is 2. The Morgan fingerprint density at radius 1 is 1.29 bits per heavy atom. The van der Waals surface area contributed by atoms with Crippen LogP contribution in [0.3, 0.4) is 0 Å². The zero-order valence-corrected chi connectivity index (χ0v) is 13.5. The van der Waals surface area contributed by atoms with Crippen LogP contribution in [-0.2, 0) is 14.3 Å². The molecule has 0 saturated heterocycles. The SMILES string of the molecule is CCOC(=O)C1CCC(O)(CNCCCCCOC)CC1. The summed E-state index contributed by atoms with van der Waals surface area (Å²) in [6, 6.07) is 0. The molecule has 21 heavy (non-hydrogen) atoms. The first-order valence-corrected chi connectivity index (χ1v) is 8.20. The monoisotopic (exact) mass is 301 g/mol. The Hall–Kier alpha value is -0.650. The smallest absolute Gasteiger partial charge is 0.308 e. The van der Waals surface area contributed by atoms with E-state index in [0.29, 0.717) is 26.0 Å². The van der Waals surface area contributed by atoms with E-state index in [1.165, 1.54) is 0 Å². The summed E-state index contributed by atoms with van der Waals surface area (Å²) in [6.45, 7) is 4.62. The molecule has 1 rings (SSSR count). The highest BCUT2D eigenvalue weighted by atomic mass is 16.5. The molecule has 0 unspecified atom stereocenters. The predicted octanol–water partition coefficient (Wildman–Crippen LogP) is 1.88. The number of nitrogens with one attached hydrogen (secondary N) is 1. The number of hydrogen-bond acceptors (Lipinski definition) is 5. The van der Waals surface area contributed by atoms with Crippen LogP contribution < -0.4 is 5.32 Å². The van der Waals surface area contributed by atoms with Crippen molar-refractivity contribution >= 4 is 5.97 Å². The van der Waals surface area contributed by atoms with Gasteiger partial charge < -0.3 is 19.9 Å². The number of carbonyl (C=O) groups is 1. The van der Waals surface area contributed by atoms with Crippen molar-refractivity contribution in [1.82, 2.24) is 5.32 Å². The third-order valence-electron chi connectivity index (χ3n) is 4.19. The van der Waals surface area contributed by atoms with Crippen LogP contribution in [0.1, 0.15) is 51.9 Å². The van der Waals surface area contributed by atoms with Gasteiger partial charge in [-0.25, -0.2) is 0 Å². The van der Waals surface area contributed by atoms with Crippen LogP contribution >= 0.6 is 0 Å². The first-order chi connectivity index (χ1) is 10.1. The molecule has 0 aliphatic heterocycles. The van der Waals surface area contributed by atoms with Crippen LogP contribution in [0.2, 0.25) is 0 Å². The molecule has 0 spiro atoms. The molecular formula is C16H31NO4. The number of unbranched alkanes of at least 4 members (excludes halogenated alkanes) is 2. The first-order valence-electron chi connectivity index (χ1n) is 8.20. The van der Waals surface area contributed by atoms with Crippen LogP contribution in [0.4, 0.5) is 0 Å². The van der Waals surface area contributed by atoms with Gasteiger partial charge in [0.05, 0.1) is 18.1 Å². The van der Waals surface area contributed by atoms with Gasteiger partial charge in [0.1, 0.15) is 0 Å². The van der Waals surface area contributed by atoms with E-state index in [0.717, 1.165) is 45.3 Å². The van der Waals surface area contributed by atoms with Crippen LogP contribution in [-0.4, -0.2) is 50.1 Å². The Morgan fingerprint density at radius 3 is 2.62 bits per heavy atom. The maximum Gasteiger partial charge on any atom is 0.308 e. The van der Waals surface area contributed by atoms with Gasteiger partial charge >= 0.3 is 5.97 Å². The summed E-state index contributed by atoms with van der Waals surface area (Å²) in [5, 5.41) is 13.8. The minimum atomic E-state index is -0.657. The Labute approximate surface area is 128 Å². The summed E-state index contributed by atoms with van der Waals surface area (Å²) in [5.74, 6) is -0.134. The summed E-state index contributed by atoms with van der Waals surface area (Å²) in [4.78, 5) is 11.7. The summed E-state index contributed by atoms with van der Waals surface area (Å²) < 4.78 is 10.1. The van der Waals surface area contributed by atoms with Crippen molar-refractivity contribution in [2.45, 2.75) is 57.5 Å². The standard InChI is InChI=1S/C16H31NO4/c1-3-21-15(18)14-7-9-16(19,10-8-14)13-17-11-5-4-6-12-20-2/h14,17,19H,3-13H2,1-2H3. The molecule has 0 amide bonds. The Morgan fingerprint density at radius 2 is 2.00 bits per heavy atom. The van der Waals surface area contributed by atoms with E-state index in [-0.39, 0.29) is 11.9 Å². The van der Waals surface area contributed by atoms with Gasteiger partial charge in [0, 0.05) is 20.3 Å². The number of hydrogen-bond donors (Lipinski definition) is 2. The van der Waals surface area contributed by atoms with Crippen molar-refractivity contribution in [3.8, 4) is 0 Å². The fraction of sp³-hybridized carbons (Fsp3) is 0.938. The van der Waals surface area contributed by atoms with Gasteiger partial charge in [0.15, 0.2) is 0 Å². The molecule has 0 heterocycles. The number of methoxy groups -OCH3 is 1. The molecule has 124 valence electrons. The minimum absolute atomic E-state index is 0.0285. The highest BCUT2D eigenvalue weighted by molar-refractivity contribution is 5.72. The second-order valence-electron chi connectivity index (χ2n) is 5.98. The molecule has 0 aromatic carbocycles. The Kier molecular flexibility index (Phi) is 8.88. The zero-order chi connectivity index (χ0) is 15.6. The predicted molar refractivity (Wildman–Crippen MR) is 82.1 cm³/mol. The molecule has 0 atom stereocenters. The van der Waals surface area contributed by atoms with Gasteiger partial charge in [-0.3, -0.25) is 4.79 Å². The summed E-state index contributed by atoms with van der Waals surface area (Å²) in [7, 11) is 1.72. The van der Waals surface area contributed by atoms with Crippen molar-refractivity contribution in [3.63, 3.8) is 0 Å². The van der Waals surface area contributed by atoms with E-state index in [1.54, 1.807) is 7.11 Å². The van der Waals surface area contributed by atoms with Gasteiger partial charge in [0.25, 0.3) is 0 Å². The first kappa shape index (κ1) is 18.4. The largest absolute Gasteiger partial charge is 0.466 e. The lowest BCUT2D eigenvalue weighted by Crippen LogP contribution is -2.44. The second kappa shape index (κ2) is 10.1. The van der Waals surface area contributed by atoms with E-state index >= 15 is 0 Å². The lowest BCUT2D eigenvalue weighted by atomic mass is 9.79. The highest BCUT2D eigenvalue weighted by Gasteiger charge is 2.35. The fourth-order valence-corrected chi connectivity index (χ4v) is 2.82. The van der Waals surface area contributed by atoms with Gasteiger partial charge in [0.2, 0.25) is 0 Å². The van der Waals surface area contributed by atoms with Crippen molar-refractivity contribution < 1.29 is 19.4 Å². The average molecular weight is 301 g/mol. The molecule has 0 aromatic heterocycles. The molecule has 2 N–H and O–H groups in total. The third-order valence-corrected chi connectivity index (χ3v) is 4.19. The van der Waals surface area contributed by atoms with Crippen LogP contribution in [0.15, 0.2) is 0 Å². The van der Waals surface area contributed by atoms with Crippen molar-refractivity contribution in [2.24, 2.45) is 5.92 Å². The number of carbonyl (C=O) groups excluding carboxylic acids is 1. The van der Waals surface area contributed by atoms with Crippen LogP contribution in [0.5, 0.6) is 0 Å². The zero-order valence-electron chi connectivity index (χ0n) is 13.5. The third kappa shape index (κ3) is 7.25. The van der Waals surface area contributed by atoms with Crippen molar-refractivity contribution in [1.29, 1.82) is 0 Å². The topological polar surface area (TPSA) is 67.8 Å². The summed E-state index contributed by atoms with van der Waals surface area (Å²) in [6.07, 6.45) is 6.13. The molecule has 5 nitrogen and oxygen atoms in total. The van der Waals surface area contributed by atoms with E-state index < -0.39 is 5.60 Å². The number of aliphatic hydroxyl groups is 1. The lowest BCUT2D eigenvalue weighted by molar-refractivity contribution is -0.151. The van der Waals surface area contributed by atoms with Gasteiger partial charge in [-0.15, -0.1) is 0 Å². The summed E-state index contributed by atoms with van der Waals surface area (Å²) in [5.41, 5.74) is -0.657. The molecule has 1 aliphatic rings. The molecule has 0 aromatic rings. The normalized spacial score (nSPS) is 25.8. The molecule has 1 saturated carbocycles. The van der Waals surface area contributed by atoms with Crippen LogP contribution in [0.25, 0.3) is 0 Å². The maximum atomic E-state index is 11.7. The van der Waals surface area contributed by atoms with Crippen molar-refractivity contribution in [3.05, 3.63) is 0 Å². The molecule has 1 aliphatic carbocycles. The van der Waals surface area contributed by atoms with E-state index in [4.69, 9.17) is 9.47 Å². The molecule has 0 radical (unpaired) electrons. The quantitative estimate of drug-likeness (QED) is 0.476. The van der Waals surface area contributed by atoms with Crippen molar-refractivity contribution in [2.75, 3.05) is 33.4 Å². The average Bonchev–Trinajstić information content (AvgIpc) is 2.47. The fourth-order valence-electron chi connectivity index (χ4n) is 2.82. The van der Waals surface area contributed by atoms with E-state index in [9.17, 15) is 9.90 Å². The van der Waals surface area contributed by atoms with Gasteiger partial charge in [-0.1, -0.05) is 0 Å². The molecule has 1 fully saturated rings. The maximum absolute atomic E-state index is 11.7. The number of esters is 1. The minimum Gasteiger partial charge on any atom is -0.466 e. The molecule has 5 heteroatoms. The Balaban J connectivity index is 2.12. The molecule has 0 bridgehead atoms. The lowest BCUT2D eigenvalue weighted by Gasteiger charge is -2.35. The van der Waals surface area contributed by atoms with Crippen LogP contribution in [0, 0.1) is 5.92 Å². The Bertz CT molecular complexity index is 288. The second-order valence-corrected chi connectivity index (χ2v) is 5.98. The van der Waals surface area contributed by atoms with E-state index in [1.807, 2.05) is 6.92 Å². The van der Waals surface area contributed by atoms with Gasteiger partial charge in [-0.2, -0.15) is 0 Å². The van der Waals surface area contributed by atoms with Gasteiger partial charge in [-0.05, 0) is 58.4 Å². The highest BCUT2D eigenvalue weighted by Crippen LogP contribution is 2.32. The summed E-state index contributed by atoms with van der Waals surface area (Å²) >= 11 is 0. The van der Waals surface area contributed by atoms with E-state index in [2.05, 4.69) is 5.32 Å².